The molecule has 0 atom stereocenters. The number of carboxylic acid groups (broad SMARTS) is 2. The number of hydrogen-bond donors (Lipinski definition) is 2. The molecule has 1 aromatic rings. The van der Waals surface area contributed by atoms with Gasteiger partial charge in [-0.3, -0.25) is 4.79 Å². The molecule has 1 aromatic carbocycles. The van der Waals surface area contributed by atoms with E-state index in [4.69, 9.17) is 10.2 Å². The minimum Gasteiger partial charge on any atom is -0.481 e. The van der Waals surface area contributed by atoms with Crippen molar-refractivity contribution in [1.29, 1.82) is 0 Å². The highest BCUT2D eigenvalue weighted by Crippen LogP contribution is 2.24. The van der Waals surface area contributed by atoms with Crippen LogP contribution in [0.15, 0.2) is 24.3 Å². The molecule has 0 unspecified atom stereocenters. The molecule has 0 aromatic heterocycles. The Balaban J connectivity index is 2.99. The number of ether oxygens (including phenoxy) is 1. The number of aryl methyl sites for hydroxylation is 1. The van der Waals surface area contributed by atoms with Gasteiger partial charge in [-0.25, -0.2) is 4.79 Å². The first-order valence-corrected chi connectivity index (χ1v) is 5.59. The molecule has 0 aliphatic heterocycles. The van der Waals surface area contributed by atoms with E-state index in [1.54, 1.807) is 0 Å². The number of alkyl halides is 2. The maximum absolute atomic E-state index is 12.3. The summed E-state index contributed by atoms with van der Waals surface area (Å²) in [6, 6.07) is 4.20. The third kappa shape index (κ3) is 5.47. The minimum absolute atomic E-state index is 0.140. The molecule has 0 amide bonds. The van der Waals surface area contributed by atoms with E-state index in [1.807, 2.05) is 0 Å². The molecule has 1 rings (SSSR count). The van der Waals surface area contributed by atoms with Crippen LogP contribution >= 0.6 is 0 Å². The van der Waals surface area contributed by atoms with Crippen LogP contribution in [0.1, 0.15) is 17.5 Å². The van der Waals surface area contributed by atoms with Gasteiger partial charge in [0.05, 0.1) is 0 Å². The Labute approximate surface area is 113 Å². The Morgan fingerprint density at radius 3 is 2.55 bits per heavy atom. The first-order valence-electron chi connectivity index (χ1n) is 5.59. The second-order valence-electron chi connectivity index (χ2n) is 3.82. The van der Waals surface area contributed by atoms with Crippen LogP contribution in [0.3, 0.4) is 0 Å². The van der Waals surface area contributed by atoms with Gasteiger partial charge >= 0.3 is 18.6 Å². The van der Waals surface area contributed by atoms with Crippen LogP contribution in [-0.2, 0) is 16.0 Å². The molecule has 0 saturated heterocycles. The van der Waals surface area contributed by atoms with E-state index < -0.39 is 18.6 Å². The topological polar surface area (TPSA) is 83.8 Å². The molecule has 0 fully saturated rings. The standard InChI is InChI=1S/C13H12F2O5/c14-13(15)20-10-7-8(2-5-11(16)17)1-3-9(10)4-6-12(18)19/h1,3-4,6-7,13H,2,5H2,(H,16,17)(H,18,19)/b6-4+. The average molecular weight is 286 g/mol. The molecule has 0 saturated carbocycles. The third-order valence-corrected chi connectivity index (χ3v) is 2.33. The van der Waals surface area contributed by atoms with E-state index in [0.29, 0.717) is 5.56 Å². The van der Waals surface area contributed by atoms with Crippen molar-refractivity contribution >= 4 is 18.0 Å². The summed E-state index contributed by atoms with van der Waals surface area (Å²) in [5.41, 5.74) is 0.683. The lowest BCUT2D eigenvalue weighted by atomic mass is 10.1. The van der Waals surface area contributed by atoms with Gasteiger partial charge in [-0.1, -0.05) is 12.1 Å². The van der Waals surface area contributed by atoms with Crippen molar-refractivity contribution in [1.82, 2.24) is 0 Å². The van der Waals surface area contributed by atoms with E-state index >= 15 is 0 Å². The second kappa shape index (κ2) is 7.22. The van der Waals surface area contributed by atoms with E-state index in [1.165, 1.54) is 18.2 Å². The van der Waals surface area contributed by atoms with Crippen LogP contribution in [0.2, 0.25) is 0 Å². The molecular formula is C13H12F2O5. The zero-order chi connectivity index (χ0) is 15.1. The fourth-order valence-corrected chi connectivity index (χ4v) is 1.48. The summed E-state index contributed by atoms with van der Waals surface area (Å²) in [6.07, 6.45) is 1.95. The predicted molar refractivity (Wildman–Crippen MR) is 65.7 cm³/mol. The van der Waals surface area contributed by atoms with Crippen LogP contribution in [0.4, 0.5) is 8.78 Å². The number of rotatable bonds is 7. The van der Waals surface area contributed by atoms with Gasteiger partial charge in [0, 0.05) is 18.1 Å². The summed E-state index contributed by atoms with van der Waals surface area (Å²) < 4.78 is 28.9. The molecule has 2 N–H and O–H groups in total. The number of carbonyl (C=O) groups is 2. The summed E-state index contributed by atoms with van der Waals surface area (Å²) >= 11 is 0. The summed E-state index contributed by atoms with van der Waals surface area (Å²) in [5.74, 6) is -2.42. The number of aliphatic carboxylic acids is 2. The summed E-state index contributed by atoms with van der Waals surface area (Å²) in [7, 11) is 0. The van der Waals surface area contributed by atoms with Crippen LogP contribution in [0.5, 0.6) is 5.75 Å². The molecule has 0 radical (unpaired) electrons. The highest BCUT2D eigenvalue weighted by molar-refractivity contribution is 5.85. The zero-order valence-corrected chi connectivity index (χ0v) is 10.3. The van der Waals surface area contributed by atoms with Gasteiger partial charge in [0.15, 0.2) is 0 Å². The van der Waals surface area contributed by atoms with Gasteiger partial charge in [-0.05, 0) is 24.1 Å². The normalized spacial score (nSPS) is 10.9. The van der Waals surface area contributed by atoms with Crippen LogP contribution in [-0.4, -0.2) is 28.8 Å². The number of benzene rings is 1. The van der Waals surface area contributed by atoms with E-state index in [2.05, 4.69) is 4.74 Å². The lowest BCUT2D eigenvalue weighted by Gasteiger charge is -2.10. The van der Waals surface area contributed by atoms with Gasteiger partial charge in [0.1, 0.15) is 5.75 Å². The first-order chi connectivity index (χ1) is 9.38. The van der Waals surface area contributed by atoms with Crippen molar-refractivity contribution in [2.75, 3.05) is 0 Å². The molecule has 5 nitrogen and oxygen atoms in total. The van der Waals surface area contributed by atoms with Gasteiger partial charge < -0.3 is 14.9 Å². The Bertz CT molecular complexity index is 525. The van der Waals surface area contributed by atoms with Crippen molar-refractivity contribution in [2.24, 2.45) is 0 Å². The molecule has 0 spiro atoms. The molecule has 0 heterocycles. The molecule has 0 bridgehead atoms. The quantitative estimate of drug-likeness (QED) is 0.752. The fourth-order valence-electron chi connectivity index (χ4n) is 1.48. The predicted octanol–water partition coefficient (Wildman–Crippen LogP) is 2.40. The SMILES string of the molecule is O=C(O)/C=C/c1ccc(CCC(=O)O)cc1OC(F)F. The maximum atomic E-state index is 12.3. The Morgan fingerprint density at radius 2 is 2.00 bits per heavy atom. The Kier molecular flexibility index (Phi) is 5.64. The van der Waals surface area contributed by atoms with Gasteiger partial charge in [-0.2, -0.15) is 8.78 Å². The highest BCUT2D eigenvalue weighted by atomic mass is 19.3. The molecule has 7 heteroatoms. The van der Waals surface area contributed by atoms with E-state index in [-0.39, 0.29) is 24.2 Å². The molecule has 20 heavy (non-hydrogen) atoms. The molecule has 0 aliphatic rings. The van der Waals surface area contributed by atoms with Crippen molar-refractivity contribution in [3.05, 3.63) is 35.4 Å². The molecule has 0 aliphatic carbocycles. The van der Waals surface area contributed by atoms with Crippen LogP contribution in [0.25, 0.3) is 6.08 Å². The van der Waals surface area contributed by atoms with Crippen molar-refractivity contribution in [2.45, 2.75) is 19.5 Å². The first kappa shape index (κ1) is 15.6. The summed E-state index contributed by atoms with van der Waals surface area (Å²) in [6.45, 7) is -3.05. The molecular weight excluding hydrogens is 274 g/mol. The smallest absolute Gasteiger partial charge is 0.387 e. The minimum atomic E-state index is -3.05. The van der Waals surface area contributed by atoms with E-state index in [0.717, 1.165) is 12.2 Å². The largest absolute Gasteiger partial charge is 0.481 e. The van der Waals surface area contributed by atoms with Crippen molar-refractivity contribution in [3.8, 4) is 5.75 Å². The van der Waals surface area contributed by atoms with Crippen LogP contribution < -0.4 is 4.74 Å². The van der Waals surface area contributed by atoms with Crippen LogP contribution in [0, 0.1) is 0 Å². The highest BCUT2D eigenvalue weighted by Gasteiger charge is 2.10. The van der Waals surface area contributed by atoms with Gasteiger partial charge in [0.25, 0.3) is 0 Å². The van der Waals surface area contributed by atoms with Crippen molar-refractivity contribution < 1.29 is 33.3 Å². The third-order valence-electron chi connectivity index (χ3n) is 2.33. The van der Waals surface area contributed by atoms with Gasteiger partial charge in [0.2, 0.25) is 0 Å². The maximum Gasteiger partial charge on any atom is 0.387 e. The summed E-state index contributed by atoms with van der Waals surface area (Å²) in [4.78, 5) is 20.9. The Morgan fingerprint density at radius 1 is 1.30 bits per heavy atom. The Hall–Kier alpha value is -2.44. The number of halogens is 2. The lowest BCUT2D eigenvalue weighted by Crippen LogP contribution is -2.04. The number of carboxylic acids is 2. The van der Waals surface area contributed by atoms with Crippen molar-refractivity contribution in [3.63, 3.8) is 0 Å². The van der Waals surface area contributed by atoms with Gasteiger partial charge in [-0.15, -0.1) is 0 Å². The monoisotopic (exact) mass is 286 g/mol. The fraction of sp³-hybridized carbons (Fsp3) is 0.231. The number of hydrogen-bond acceptors (Lipinski definition) is 3. The lowest BCUT2D eigenvalue weighted by molar-refractivity contribution is -0.137. The second-order valence-corrected chi connectivity index (χ2v) is 3.82. The zero-order valence-electron chi connectivity index (χ0n) is 10.3. The van der Waals surface area contributed by atoms with E-state index in [9.17, 15) is 18.4 Å². The summed E-state index contributed by atoms with van der Waals surface area (Å²) in [5, 5.41) is 17.1. The molecule has 108 valence electrons. The average Bonchev–Trinajstić information content (AvgIpc) is 2.34.